The molecule has 0 aliphatic carbocycles. The Kier molecular flexibility index (Phi) is 3.73. The Hall–Kier alpha value is -2.05. The van der Waals surface area contributed by atoms with E-state index in [9.17, 15) is 13.2 Å². The van der Waals surface area contributed by atoms with Crippen LogP contribution in [0.1, 0.15) is 12.5 Å². The monoisotopic (exact) mass is 270 g/mol. The number of hydrogen-bond acceptors (Lipinski definition) is 3. The van der Waals surface area contributed by atoms with Crippen molar-refractivity contribution in [3.63, 3.8) is 0 Å². The van der Waals surface area contributed by atoms with Gasteiger partial charge in [-0.05, 0) is 19.1 Å². The zero-order valence-corrected chi connectivity index (χ0v) is 10.2. The smallest absolute Gasteiger partial charge is 0.366 e. The molecule has 7 heteroatoms. The SMILES string of the molecule is CC(Cn1ccnc1)Nc1ccc(C(F)(F)F)cn1. The van der Waals surface area contributed by atoms with Gasteiger partial charge in [-0.15, -0.1) is 0 Å². The average Bonchev–Trinajstić information content (AvgIpc) is 2.81. The van der Waals surface area contributed by atoms with Crippen LogP contribution in [0.2, 0.25) is 0 Å². The summed E-state index contributed by atoms with van der Waals surface area (Å²) in [6, 6.07) is 2.37. The van der Waals surface area contributed by atoms with E-state index in [0.717, 1.165) is 12.3 Å². The molecule has 1 atom stereocenters. The van der Waals surface area contributed by atoms with E-state index in [2.05, 4.69) is 15.3 Å². The quantitative estimate of drug-likeness (QED) is 0.929. The number of halogens is 3. The first kappa shape index (κ1) is 13.4. The lowest BCUT2D eigenvalue weighted by atomic mass is 10.2. The van der Waals surface area contributed by atoms with Crippen LogP contribution in [0.25, 0.3) is 0 Å². The van der Waals surface area contributed by atoms with Crippen LogP contribution >= 0.6 is 0 Å². The lowest BCUT2D eigenvalue weighted by Gasteiger charge is -2.15. The molecule has 2 rings (SSSR count). The zero-order valence-electron chi connectivity index (χ0n) is 10.2. The summed E-state index contributed by atoms with van der Waals surface area (Å²) in [6.45, 7) is 2.57. The molecule has 1 unspecified atom stereocenters. The second kappa shape index (κ2) is 5.29. The highest BCUT2D eigenvalue weighted by atomic mass is 19.4. The van der Waals surface area contributed by atoms with Crippen LogP contribution in [0.5, 0.6) is 0 Å². The third-order valence-corrected chi connectivity index (χ3v) is 2.53. The van der Waals surface area contributed by atoms with E-state index in [1.165, 1.54) is 6.07 Å². The van der Waals surface area contributed by atoms with E-state index in [4.69, 9.17) is 0 Å². The second-order valence-electron chi connectivity index (χ2n) is 4.23. The highest BCUT2D eigenvalue weighted by Crippen LogP contribution is 2.28. The molecule has 19 heavy (non-hydrogen) atoms. The number of imidazole rings is 1. The summed E-state index contributed by atoms with van der Waals surface area (Å²) in [5, 5.41) is 3.03. The lowest BCUT2D eigenvalue weighted by Crippen LogP contribution is -2.22. The predicted octanol–water partition coefficient (Wildman–Crippen LogP) is 2.80. The number of rotatable bonds is 4. The van der Waals surface area contributed by atoms with E-state index < -0.39 is 11.7 Å². The van der Waals surface area contributed by atoms with E-state index in [1.54, 1.807) is 12.5 Å². The molecular formula is C12H13F3N4. The molecule has 4 nitrogen and oxygen atoms in total. The van der Waals surface area contributed by atoms with Gasteiger partial charge in [-0.3, -0.25) is 0 Å². The highest BCUT2D eigenvalue weighted by molar-refractivity contribution is 5.37. The average molecular weight is 270 g/mol. The Morgan fingerprint density at radius 1 is 1.37 bits per heavy atom. The molecule has 2 aromatic heterocycles. The minimum atomic E-state index is -4.35. The van der Waals surface area contributed by atoms with Crippen molar-refractivity contribution in [1.29, 1.82) is 0 Å². The molecule has 2 aromatic rings. The van der Waals surface area contributed by atoms with E-state index in [0.29, 0.717) is 12.4 Å². The minimum Gasteiger partial charge on any atom is -0.366 e. The van der Waals surface area contributed by atoms with Crippen molar-refractivity contribution in [2.24, 2.45) is 0 Å². The van der Waals surface area contributed by atoms with Crippen molar-refractivity contribution in [1.82, 2.24) is 14.5 Å². The van der Waals surface area contributed by atoms with Gasteiger partial charge < -0.3 is 9.88 Å². The summed E-state index contributed by atoms with van der Waals surface area (Å²) >= 11 is 0. The predicted molar refractivity (Wildman–Crippen MR) is 64.6 cm³/mol. The van der Waals surface area contributed by atoms with Gasteiger partial charge in [-0.2, -0.15) is 13.2 Å². The third-order valence-electron chi connectivity index (χ3n) is 2.53. The topological polar surface area (TPSA) is 42.7 Å². The first-order valence-corrected chi connectivity index (χ1v) is 5.70. The summed E-state index contributed by atoms with van der Waals surface area (Å²) in [7, 11) is 0. The first-order valence-electron chi connectivity index (χ1n) is 5.70. The third kappa shape index (κ3) is 3.70. The number of aromatic nitrogens is 3. The Balaban J connectivity index is 1.96. The van der Waals surface area contributed by atoms with Crippen LogP contribution in [-0.2, 0) is 12.7 Å². The molecule has 0 fully saturated rings. The van der Waals surface area contributed by atoms with Gasteiger partial charge in [0, 0.05) is 31.2 Å². The zero-order chi connectivity index (χ0) is 13.9. The fourth-order valence-corrected chi connectivity index (χ4v) is 1.66. The molecule has 0 radical (unpaired) electrons. The van der Waals surface area contributed by atoms with Crippen LogP contribution < -0.4 is 5.32 Å². The largest absolute Gasteiger partial charge is 0.417 e. The second-order valence-corrected chi connectivity index (χ2v) is 4.23. The minimum absolute atomic E-state index is 0.0263. The number of alkyl halides is 3. The maximum Gasteiger partial charge on any atom is 0.417 e. The molecule has 0 saturated carbocycles. The number of anilines is 1. The summed E-state index contributed by atoms with van der Waals surface area (Å²) in [5.41, 5.74) is -0.750. The number of pyridine rings is 1. The van der Waals surface area contributed by atoms with Gasteiger partial charge in [0.05, 0.1) is 11.9 Å². The fraction of sp³-hybridized carbons (Fsp3) is 0.333. The van der Waals surface area contributed by atoms with Crippen molar-refractivity contribution >= 4 is 5.82 Å². The molecular weight excluding hydrogens is 257 g/mol. The Morgan fingerprint density at radius 2 is 2.16 bits per heavy atom. The van der Waals surface area contributed by atoms with Gasteiger partial charge >= 0.3 is 6.18 Å². The van der Waals surface area contributed by atoms with Crippen molar-refractivity contribution in [2.75, 3.05) is 5.32 Å². The lowest BCUT2D eigenvalue weighted by molar-refractivity contribution is -0.137. The number of hydrogen-bond donors (Lipinski definition) is 1. The number of nitrogens with one attached hydrogen (secondary N) is 1. The van der Waals surface area contributed by atoms with Gasteiger partial charge in [0.25, 0.3) is 0 Å². The van der Waals surface area contributed by atoms with Crippen LogP contribution in [-0.4, -0.2) is 20.6 Å². The Bertz CT molecular complexity index is 505. The molecule has 0 aliphatic heterocycles. The van der Waals surface area contributed by atoms with Crippen LogP contribution in [0, 0.1) is 0 Å². The highest BCUT2D eigenvalue weighted by Gasteiger charge is 2.30. The Morgan fingerprint density at radius 3 is 2.68 bits per heavy atom. The molecule has 0 amide bonds. The van der Waals surface area contributed by atoms with Crippen LogP contribution in [0.4, 0.5) is 19.0 Å². The molecule has 2 heterocycles. The first-order chi connectivity index (χ1) is 8.95. The molecule has 1 N–H and O–H groups in total. The number of nitrogens with zero attached hydrogens (tertiary/aromatic N) is 3. The maximum atomic E-state index is 12.4. The van der Waals surface area contributed by atoms with E-state index >= 15 is 0 Å². The van der Waals surface area contributed by atoms with Crippen LogP contribution in [0.15, 0.2) is 37.1 Å². The molecule has 0 aliphatic rings. The molecule has 102 valence electrons. The van der Waals surface area contributed by atoms with Crippen molar-refractivity contribution in [3.05, 3.63) is 42.6 Å². The summed E-state index contributed by atoms with van der Waals surface area (Å²) in [5.74, 6) is 0.417. The summed E-state index contributed by atoms with van der Waals surface area (Å²) < 4.78 is 39.0. The normalized spacial score (nSPS) is 13.3. The van der Waals surface area contributed by atoms with Gasteiger partial charge in [0.1, 0.15) is 5.82 Å². The standard InChI is InChI=1S/C12H13F3N4/c1-9(7-19-5-4-16-8-19)18-11-3-2-10(6-17-11)12(13,14)15/h2-6,8-9H,7H2,1H3,(H,17,18). The van der Waals surface area contributed by atoms with E-state index in [-0.39, 0.29) is 6.04 Å². The van der Waals surface area contributed by atoms with E-state index in [1.807, 2.05) is 17.7 Å². The Labute approximate surface area is 108 Å². The van der Waals surface area contributed by atoms with Crippen LogP contribution in [0.3, 0.4) is 0 Å². The van der Waals surface area contributed by atoms with Crippen molar-refractivity contribution < 1.29 is 13.2 Å². The summed E-state index contributed by atoms with van der Waals surface area (Å²) in [4.78, 5) is 7.67. The van der Waals surface area contributed by atoms with Gasteiger partial charge in [-0.25, -0.2) is 9.97 Å². The van der Waals surface area contributed by atoms with Crippen molar-refractivity contribution in [2.45, 2.75) is 25.7 Å². The molecule has 0 spiro atoms. The van der Waals surface area contributed by atoms with Gasteiger partial charge in [0.2, 0.25) is 0 Å². The molecule has 0 aromatic carbocycles. The maximum absolute atomic E-state index is 12.4. The molecule has 0 saturated heterocycles. The summed E-state index contributed by atoms with van der Waals surface area (Å²) in [6.07, 6.45) is 1.64. The fourth-order valence-electron chi connectivity index (χ4n) is 1.66. The van der Waals surface area contributed by atoms with Crippen molar-refractivity contribution in [3.8, 4) is 0 Å². The van der Waals surface area contributed by atoms with Gasteiger partial charge in [0.15, 0.2) is 0 Å². The van der Waals surface area contributed by atoms with Gasteiger partial charge in [-0.1, -0.05) is 0 Å². The molecule has 0 bridgehead atoms.